The van der Waals surface area contributed by atoms with Gasteiger partial charge in [-0.15, -0.1) is 11.8 Å². The van der Waals surface area contributed by atoms with E-state index in [0.29, 0.717) is 5.56 Å². The van der Waals surface area contributed by atoms with Gasteiger partial charge < -0.3 is 5.32 Å². The van der Waals surface area contributed by atoms with Crippen molar-refractivity contribution in [1.82, 2.24) is 0 Å². The fraction of sp³-hybridized carbons (Fsp3) is 0.0417. The molecular weight excluding hydrogens is 350 g/mol. The van der Waals surface area contributed by atoms with Gasteiger partial charge >= 0.3 is 0 Å². The Bertz CT molecular complexity index is 1060. The van der Waals surface area contributed by atoms with Gasteiger partial charge in [0.1, 0.15) is 0 Å². The van der Waals surface area contributed by atoms with Crippen LogP contribution in [0.5, 0.6) is 0 Å². The highest BCUT2D eigenvalue weighted by molar-refractivity contribution is 7.98. The van der Waals surface area contributed by atoms with Gasteiger partial charge in [-0.05, 0) is 52.7 Å². The monoisotopic (exact) mass is 369 g/mol. The van der Waals surface area contributed by atoms with Gasteiger partial charge in [-0.2, -0.15) is 0 Å². The average molecular weight is 369 g/mol. The van der Waals surface area contributed by atoms with Crippen LogP contribution in [-0.4, -0.2) is 5.91 Å². The molecule has 0 aromatic heterocycles. The molecule has 0 unspecified atom stereocenters. The lowest BCUT2D eigenvalue weighted by molar-refractivity contribution is 0.102. The zero-order chi connectivity index (χ0) is 18.5. The van der Waals surface area contributed by atoms with Crippen LogP contribution in [0.3, 0.4) is 0 Å². The fourth-order valence-electron chi connectivity index (χ4n) is 2.91. The molecule has 0 atom stereocenters. The van der Waals surface area contributed by atoms with Crippen molar-refractivity contribution in [2.45, 2.75) is 10.6 Å². The second-order valence-electron chi connectivity index (χ2n) is 6.31. The molecule has 1 N–H and O–H groups in total. The average Bonchev–Trinajstić information content (AvgIpc) is 2.73. The molecule has 0 heterocycles. The van der Waals surface area contributed by atoms with E-state index in [1.165, 1.54) is 10.5 Å². The van der Waals surface area contributed by atoms with Crippen molar-refractivity contribution in [3.63, 3.8) is 0 Å². The Hall–Kier alpha value is -3.04. The van der Waals surface area contributed by atoms with Crippen molar-refractivity contribution in [1.29, 1.82) is 0 Å². The number of carbonyl (C=O) groups is 1. The van der Waals surface area contributed by atoms with Gasteiger partial charge in [0.2, 0.25) is 0 Å². The summed E-state index contributed by atoms with van der Waals surface area (Å²) in [5, 5.41) is 5.26. The molecule has 0 spiro atoms. The lowest BCUT2D eigenvalue weighted by atomic mass is 10.1. The van der Waals surface area contributed by atoms with Crippen molar-refractivity contribution in [3.05, 3.63) is 108 Å². The largest absolute Gasteiger partial charge is 0.322 e. The molecule has 0 saturated carbocycles. The quantitative estimate of drug-likeness (QED) is 0.413. The lowest BCUT2D eigenvalue weighted by Gasteiger charge is -2.08. The summed E-state index contributed by atoms with van der Waals surface area (Å²) in [6, 6.07) is 32.2. The van der Waals surface area contributed by atoms with Crippen molar-refractivity contribution in [2.24, 2.45) is 0 Å². The van der Waals surface area contributed by atoms with Crippen molar-refractivity contribution >= 4 is 34.1 Å². The van der Waals surface area contributed by atoms with Gasteiger partial charge in [-0.25, -0.2) is 0 Å². The summed E-state index contributed by atoms with van der Waals surface area (Å²) < 4.78 is 0. The van der Waals surface area contributed by atoms with Crippen molar-refractivity contribution < 1.29 is 4.79 Å². The number of amides is 1. The molecule has 4 aromatic rings. The van der Waals surface area contributed by atoms with Crippen LogP contribution >= 0.6 is 11.8 Å². The van der Waals surface area contributed by atoms with E-state index in [0.717, 1.165) is 22.2 Å². The van der Waals surface area contributed by atoms with E-state index in [4.69, 9.17) is 0 Å². The number of fused-ring (bicyclic) bond motifs is 1. The minimum absolute atomic E-state index is 0.0902. The Balaban J connectivity index is 1.41. The van der Waals surface area contributed by atoms with Gasteiger partial charge in [0.25, 0.3) is 5.91 Å². The molecule has 0 aliphatic heterocycles. The van der Waals surface area contributed by atoms with Gasteiger partial charge in [0.05, 0.1) is 0 Å². The van der Waals surface area contributed by atoms with Crippen LogP contribution in [0.2, 0.25) is 0 Å². The summed E-state index contributed by atoms with van der Waals surface area (Å²) in [6.07, 6.45) is 0. The van der Waals surface area contributed by atoms with Crippen molar-refractivity contribution in [3.8, 4) is 0 Å². The Labute approximate surface area is 163 Å². The lowest BCUT2D eigenvalue weighted by Crippen LogP contribution is -2.11. The Kier molecular flexibility index (Phi) is 5.22. The van der Waals surface area contributed by atoms with Crippen LogP contribution < -0.4 is 5.32 Å². The minimum Gasteiger partial charge on any atom is -0.322 e. The van der Waals surface area contributed by atoms with E-state index in [1.807, 2.05) is 78.9 Å². The van der Waals surface area contributed by atoms with E-state index in [1.54, 1.807) is 11.8 Å². The maximum atomic E-state index is 12.5. The van der Waals surface area contributed by atoms with Gasteiger partial charge in [-0.1, -0.05) is 60.7 Å². The molecule has 0 radical (unpaired) electrons. The number of hydrogen-bond acceptors (Lipinski definition) is 2. The molecule has 0 saturated heterocycles. The molecule has 0 bridgehead atoms. The van der Waals surface area contributed by atoms with Crippen LogP contribution in [0.15, 0.2) is 102 Å². The summed E-state index contributed by atoms with van der Waals surface area (Å²) in [5.74, 6) is 0.795. The van der Waals surface area contributed by atoms with E-state index in [2.05, 4.69) is 23.5 Å². The smallest absolute Gasteiger partial charge is 0.255 e. The maximum absolute atomic E-state index is 12.5. The molecule has 1 amide bonds. The van der Waals surface area contributed by atoms with Crippen LogP contribution in [0.1, 0.15) is 15.9 Å². The maximum Gasteiger partial charge on any atom is 0.255 e. The third-order valence-electron chi connectivity index (χ3n) is 4.37. The summed E-state index contributed by atoms with van der Waals surface area (Å²) in [4.78, 5) is 13.8. The van der Waals surface area contributed by atoms with E-state index < -0.39 is 0 Å². The van der Waals surface area contributed by atoms with Crippen LogP contribution in [0.25, 0.3) is 10.8 Å². The summed E-state index contributed by atoms with van der Waals surface area (Å²) in [6.45, 7) is 0. The first-order valence-corrected chi connectivity index (χ1v) is 9.83. The van der Waals surface area contributed by atoms with Crippen LogP contribution in [0, 0.1) is 0 Å². The molecule has 0 fully saturated rings. The molecule has 0 aliphatic rings. The predicted molar refractivity (Wildman–Crippen MR) is 114 cm³/mol. The van der Waals surface area contributed by atoms with Crippen molar-refractivity contribution in [2.75, 3.05) is 5.32 Å². The highest BCUT2D eigenvalue weighted by atomic mass is 32.2. The zero-order valence-electron chi connectivity index (χ0n) is 14.8. The Morgan fingerprint density at radius 1 is 0.741 bits per heavy atom. The molecule has 4 rings (SSSR count). The predicted octanol–water partition coefficient (Wildman–Crippen LogP) is 6.38. The highest BCUT2D eigenvalue weighted by Gasteiger charge is 2.07. The second kappa shape index (κ2) is 8.11. The number of anilines is 1. The Morgan fingerprint density at radius 3 is 2.22 bits per heavy atom. The third-order valence-corrected chi connectivity index (χ3v) is 5.46. The number of nitrogens with one attached hydrogen (secondary N) is 1. The minimum atomic E-state index is -0.0902. The molecule has 27 heavy (non-hydrogen) atoms. The van der Waals surface area contributed by atoms with Crippen LogP contribution in [0.4, 0.5) is 5.69 Å². The van der Waals surface area contributed by atoms with E-state index >= 15 is 0 Å². The molecule has 3 heteroatoms. The molecule has 132 valence electrons. The van der Waals surface area contributed by atoms with Gasteiger partial charge in [-0.3, -0.25) is 4.79 Å². The van der Waals surface area contributed by atoms with Gasteiger partial charge in [0.15, 0.2) is 0 Å². The summed E-state index contributed by atoms with van der Waals surface area (Å²) in [7, 11) is 0. The first-order chi connectivity index (χ1) is 13.3. The highest BCUT2D eigenvalue weighted by Crippen LogP contribution is 2.23. The van der Waals surface area contributed by atoms with E-state index in [9.17, 15) is 4.79 Å². The SMILES string of the molecule is O=C(Nc1ccc2ccccc2c1)c1ccc(CSc2ccccc2)cc1. The fourth-order valence-corrected chi connectivity index (χ4v) is 3.78. The van der Waals surface area contributed by atoms with E-state index in [-0.39, 0.29) is 5.91 Å². The summed E-state index contributed by atoms with van der Waals surface area (Å²) >= 11 is 1.79. The first-order valence-electron chi connectivity index (χ1n) is 8.85. The summed E-state index contributed by atoms with van der Waals surface area (Å²) in [5.41, 5.74) is 2.67. The molecular formula is C24H19NOS. The van der Waals surface area contributed by atoms with Crippen LogP contribution in [-0.2, 0) is 5.75 Å². The third kappa shape index (κ3) is 4.39. The topological polar surface area (TPSA) is 29.1 Å². The number of carbonyl (C=O) groups excluding carboxylic acids is 1. The number of thioether (sulfide) groups is 1. The number of benzene rings is 4. The number of rotatable bonds is 5. The second-order valence-corrected chi connectivity index (χ2v) is 7.36. The zero-order valence-corrected chi connectivity index (χ0v) is 15.6. The normalized spacial score (nSPS) is 10.7. The number of hydrogen-bond donors (Lipinski definition) is 1. The molecule has 0 aliphatic carbocycles. The standard InChI is InChI=1S/C24H19NOS/c26-24(25-22-15-14-19-6-4-5-7-21(19)16-22)20-12-10-18(11-13-20)17-27-23-8-2-1-3-9-23/h1-16H,17H2,(H,25,26). The first kappa shape index (κ1) is 17.4. The molecule has 4 aromatic carbocycles. The van der Waals surface area contributed by atoms with Gasteiger partial charge in [0, 0.05) is 21.9 Å². The Morgan fingerprint density at radius 2 is 1.44 bits per heavy atom. The molecule has 2 nitrogen and oxygen atoms in total.